The number of hydrogen-bond acceptors (Lipinski definition) is 4. The number of rotatable bonds is 18. The lowest BCUT2D eigenvalue weighted by atomic mass is 10.0. The highest BCUT2D eigenvalue weighted by molar-refractivity contribution is 6.60. The first-order chi connectivity index (χ1) is 12.2. The van der Waals surface area contributed by atoms with Gasteiger partial charge in [0.1, 0.15) is 0 Å². The van der Waals surface area contributed by atoms with Gasteiger partial charge < -0.3 is 18.4 Å². The van der Waals surface area contributed by atoms with Gasteiger partial charge in [-0.15, -0.1) is 0 Å². The van der Waals surface area contributed by atoms with E-state index in [1.807, 2.05) is 0 Å². The van der Waals surface area contributed by atoms with Gasteiger partial charge >= 0.3 is 8.80 Å². The second kappa shape index (κ2) is 22.1. The van der Waals surface area contributed by atoms with E-state index in [2.05, 4.69) is 6.92 Å². The highest BCUT2D eigenvalue weighted by Gasteiger charge is 2.36. The molecule has 0 spiro atoms. The van der Waals surface area contributed by atoms with Gasteiger partial charge in [0.05, 0.1) is 0 Å². The Balaban J connectivity index is 0. The quantitative estimate of drug-likeness (QED) is 0.236. The van der Waals surface area contributed by atoms with Gasteiger partial charge in [-0.3, -0.25) is 0 Å². The van der Waals surface area contributed by atoms with Crippen LogP contribution in [0.25, 0.3) is 0 Å². The van der Waals surface area contributed by atoms with Crippen molar-refractivity contribution < 1.29 is 18.4 Å². The second-order valence-electron chi connectivity index (χ2n) is 6.64. The molecule has 0 saturated heterocycles. The van der Waals surface area contributed by atoms with Crippen LogP contribution in [0.2, 0.25) is 6.04 Å². The average Bonchev–Trinajstić information content (AvgIpc) is 2.67. The fourth-order valence-corrected chi connectivity index (χ4v) is 4.89. The maximum absolute atomic E-state index is 7.00. The molecule has 0 aromatic rings. The molecule has 0 fully saturated rings. The van der Waals surface area contributed by atoms with Crippen molar-refractivity contribution >= 4 is 8.80 Å². The van der Waals surface area contributed by atoms with Gasteiger partial charge in [0.25, 0.3) is 0 Å². The lowest BCUT2D eigenvalue weighted by Gasteiger charge is -2.24. The molecule has 25 heavy (non-hydrogen) atoms. The Hall–Kier alpha value is 0.0569. The van der Waals surface area contributed by atoms with Gasteiger partial charge in [-0.05, 0) is 6.42 Å². The van der Waals surface area contributed by atoms with Crippen LogP contribution >= 0.6 is 0 Å². The largest absolute Gasteiger partial charge is 0.500 e. The maximum Gasteiger partial charge on any atom is 0.500 e. The molecular weight excluding hydrogens is 332 g/mol. The van der Waals surface area contributed by atoms with Crippen LogP contribution in [0.1, 0.15) is 96.8 Å². The minimum atomic E-state index is -2.32. The van der Waals surface area contributed by atoms with Crippen LogP contribution in [0.15, 0.2) is 0 Å². The molecule has 0 radical (unpaired) electrons. The Kier molecular flexibility index (Phi) is 24.1. The summed E-state index contributed by atoms with van der Waals surface area (Å²) in [6.07, 6.45) is 19.4. The van der Waals surface area contributed by atoms with E-state index >= 15 is 0 Å². The van der Waals surface area contributed by atoms with E-state index in [1.54, 1.807) is 21.3 Å². The molecule has 0 bridgehead atoms. The van der Waals surface area contributed by atoms with Crippen LogP contribution in [-0.2, 0) is 13.3 Å². The molecule has 154 valence electrons. The highest BCUT2D eigenvalue weighted by atomic mass is 28.4. The highest BCUT2D eigenvalue weighted by Crippen LogP contribution is 2.18. The first-order valence-corrected chi connectivity index (χ1v) is 12.3. The van der Waals surface area contributed by atoms with E-state index in [9.17, 15) is 0 Å². The van der Waals surface area contributed by atoms with Crippen LogP contribution in [0, 0.1) is 0 Å². The Bertz CT molecular complexity index is 227. The van der Waals surface area contributed by atoms with Gasteiger partial charge in [0, 0.05) is 34.5 Å². The summed E-state index contributed by atoms with van der Waals surface area (Å²) in [6.45, 7) is 2.28. The van der Waals surface area contributed by atoms with E-state index < -0.39 is 8.80 Å². The summed E-state index contributed by atoms with van der Waals surface area (Å²) >= 11 is 0. The SMILES string of the molecule is CCCCCCCCCCCCCCCC[Si](OC)(OC)OC.CO. The number of aliphatic hydroxyl groups excluding tert-OH is 1. The Morgan fingerprint density at radius 2 is 0.800 bits per heavy atom. The summed E-state index contributed by atoms with van der Waals surface area (Å²) in [7, 11) is 3.77. The van der Waals surface area contributed by atoms with E-state index in [4.69, 9.17) is 18.4 Å². The van der Waals surface area contributed by atoms with Crippen LogP contribution in [0.4, 0.5) is 0 Å². The van der Waals surface area contributed by atoms with E-state index in [1.165, 1.54) is 83.5 Å². The average molecular weight is 379 g/mol. The van der Waals surface area contributed by atoms with Crippen molar-refractivity contribution in [2.45, 2.75) is 103 Å². The van der Waals surface area contributed by atoms with Gasteiger partial charge in [0.2, 0.25) is 0 Å². The maximum atomic E-state index is 7.00. The molecule has 1 N–H and O–H groups in total. The van der Waals surface area contributed by atoms with Crippen molar-refractivity contribution in [2.24, 2.45) is 0 Å². The molecule has 0 rings (SSSR count). The fraction of sp³-hybridized carbons (Fsp3) is 1.00. The second-order valence-corrected chi connectivity index (χ2v) is 9.73. The Labute approximate surface area is 159 Å². The summed E-state index contributed by atoms with van der Waals surface area (Å²) in [6, 6.07) is 0.939. The predicted octanol–water partition coefficient (Wildman–Crippen LogP) is 5.95. The van der Waals surface area contributed by atoms with Crippen molar-refractivity contribution in [3.05, 3.63) is 0 Å². The summed E-state index contributed by atoms with van der Waals surface area (Å²) in [5, 5.41) is 7.00. The lowest BCUT2D eigenvalue weighted by molar-refractivity contribution is 0.122. The van der Waals surface area contributed by atoms with Crippen molar-refractivity contribution in [2.75, 3.05) is 28.4 Å². The van der Waals surface area contributed by atoms with Crippen LogP contribution in [-0.4, -0.2) is 42.4 Å². The minimum absolute atomic E-state index is 0.939. The van der Waals surface area contributed by atoms with E-state index in [0.29, 0.717) is 0 Å². The fourth-order valence-electron chi connectivity index (χ4n) is 3.09. The zero-order valence-electron chi connectivity index (χ0n) is 17.8. The molecule has 4 nitrogen and oxygen atoms in total. The van der Waals surface area contributed by atoms with E-state index in [0.717, 1.165) is 19.6 Å². The van der Waals surface area contributed by atoms with Crippen molar-refractivity contribution in [3.63, 3.8) is 0 Å². The minimum Gasteiger partial charge on any atom is -0.400 e. The van der Waals surface area contributed by atoms with Crippen LogP contribution < -0.4 is 0 Å². The number of aliphatic hydroxyl groups is 1. The Morgan fingerprint density at radius 3 is 1.08 bits per heavy atom. The molecule has 0 aromatic carbocycles. The third kappa shape index (κ3) is 17.2. The number of unbranched alkanes of at least 4 members (excludes halogenated alkanes) is 13. The van der Waals surface area contributed by atoms with Gasteiger partial charge in [-0.2, -0.15) is 0 Å². The molecule has 5 heteroatoms. The molecule has 0 aliphatic rings. The van der Waals surface area contributed by atoms with Crippen LogP contribution in [0.5, 0.6) is 0 Å². The summed E-state index contributed by atoms with van der Waals surface area (Å²) < 4.78 is 16.3. The summed E-state index contributed by atoms with van der Waals surface area (Å²) in [5.41, 5.74) is 0. The molecule has 0 heterocycles. The first kappa shape index (κ1) is 27.3. The van der Waals surface area contributed by atoms with Gasteiger partial charge in [0.15, 0.2) is 0 Å². The van der Waals surface area contributed by atoms with Crippen molar-refractivity contribution in [3.8, 4) is 0 Å². The molecule has 0 unspecified atom stereocenters. The number of hydrogen-bond donors (Lipinski definition) is 1. The third-order valence-electron chi connectivity index (χ3n) is 4.77. The molecule has 0 amide bonds. The predicted molar refractivity (Wildman–Crippen MR) is 110 cm³/mol. The summed E-state index contributed by atoms with van der Waals surface area (Å²) in [5.74, 6) is 0. The zero-order valence-corrected chi connectivity index (χ0v) is 18.8. The van der Waals surface area contributed by atoms with Gasteiger partial charge in [-0.1, -0.05) is 90.4 Å². The van der Waals surface area contributed by atoms with E-state index in [-0.39, 0.29) is 0 Å². The molecule has 0 aliphatic heterocycles. The van der Waals surface area contributed by atoms with Crippen LogP contribution in [0.3, 0.4) is 0 Å². The monoisotopic (exact) mass is 378 g/mol. The van der Waals surface area contributed by atoms with Crippen molar-refractivity contribution in [1.29, 1.82) is 0 Å². The normalized spacial score (nSPS) is 11.3. The molecule has 0 aliphatic carbocycles. The molecule has 0 aromatic heterocycles. The van der Waals surface area contributed by atoms with Crippen molar-refractivity contribution in [1.82, 2.24) is 0 Å². The topological polar surface area (TPSA) is 47.9 Å². The molecular formula is C20H46O4Si. The first-order valence-electron chi connectivity index (χ1n) is 10.3. The lowest BCUT2D eigenvalue weighted by Crippen LogP contribution is -2.42. The summed E-state index contributed by atoms with van der Waals surface area (Å²) in [4.78, 5) is 0. The Morgan fingerprint density at radius 1 is 0.520 bits per heavy atom. The third-order valence-corrected chi connectivity index (χ3v) is 7.60. The standard InChI is InChI=1S/C19H42O3Si.CH4O/c1-5-6-7-8-9-10-11-12-13-14-15-16-17-18-19-23(20-2,21-3)22-4;1-2/h5-19H2,1-4H3;2H,1H3. The zero-order chi connectivity index (χ0) is 19.2. The smallest absolute Gasteiger partial charge is 0.400 e. The molecule has 0 saturated carbocycles. The molecule has 0 atom stereocenters. The van der Waals surface area contributed by atoms with Gasteiger partial charge in [-0.25, -0.2) is 0 Å².